The Hall–Kier alpha value is -3.23. The number of halogens is 2. The number of amides is 1. The molecule has 0 saturated carbocycles. The van der Waals surface area contributed by atoms with Gasteiger partial charge >= 0.3 is 6.61 Å². The summed E-state index contributed by atoms with van der Waals surface area (Å²) in [6.07, 6.45) is 1.89. The molecular formula is C20H25F2N5O2. The van der Waals surface area contributed by atoms with E-state index in [9.17, 15) is 13.6 Å². The smallest absolute Gasteiger partial charge is 0.387 e. The molecule has 0 atom stereocenters. The number of carbonyl (C=O) groups is 1. The molecule has 1 aromatic carbocycles. The Morgan fingerprint density at radius 3 is 2.69 bits per heavy atom. The number of carbonyl (C=O) groups excluding carboxylic acids is 1. The van der Waals surface area contributed by atoms with Crippen molar-refractivity contribution in [3.05, 3.63) is 53.7 Å². The first-order valence-corrected chi connectivity index (χ1v) is 9.25. The van der Waals surface area contributed by atoms with Crippen LogP contribution >= 0.6 is 0 Å². The quantitative estimate of drug-likeness (QED) is 0.441. The van der Waals surface area contributed by atoms with Crippen LogP contribution in [0.15, 0.2) is 47.6 Å². The molecule has 7 nitrogen and oxygen atoms in total. The summed E-state index contributed by atoms with van der Waals surface area (Å²) in [4.78, 5) is 20.5. The minimum absolute atomic E-state index is 0.0899. The van der Waals surface area contributed by atoms with Crippen LogP contribution in [0, 0.1) is 6.92 Å². The van der Waals surface area contributed by atoms with E-state index >= 15 is 0 Å². The lowest BCUT2D eigenvalue weighted by molar-refractivity contribution is -0.116. The van der Waals surface area contributed by atoms with Gasteiger partial charge in [0.2, 0.25) is 5.91 Å². The molecule has 0 spiro atoms. The van der Waals surface area contributed by atoms with Crippen LogP contribution < -0.4 is 20.7 Å². The van der Waals surface area contributed by atoms with Gasteiger partial charge in [0.25, 0.3) is 0 Å². The van der Waals surface area contributed by atoms with Crippen LogP contribution in [0.25, 0.3) is 0 Å². The van der Waals surface area contributed by atoms with Crippen LogP contribution in [0.1, 0.15) is 24.5 Å². The highest BCUT2D eigenvalue weighted by Gasteiger charge is 2.09. The molecule has 29 heavy (non-hydrogen) atoms. The number of guanidine groups is 1. The van der Waals surface area contributed by atoms with Gasteiger partial charge < -0.3 is 20.7 Å². The normalized spacial score (nSPS) is 11.3. The Morgan fingerprint density at radius 2 is 2.00 bits per heavy atom. The summed E-state index contributed by atoms with van der Waals surface area (Å²) in [7, 11) is 0. The average molecular weight is 405 g/mol. The van der Waals surface area contributed by atoms with Crippen LogP contribution in [0.5, 0.6) is 5.75 Å². The van der Waals surface area contributed by atoms with E-state index in [1.807, 2.05) is 19.9 Å². The maximum Gasteiger partial charge on any atom is 0.387 e. The number of benzene rings is 1. The summed E-state index contributed by atoms with van der Waals surface area (Å²) < 4.78 is 29.5. The number of ether oxygens (including phenoxy) is 1. The van der Waals surface area contributed by atoms with E-state index < -0.39 is 6.61 Å². The van der Waals surface area contributed by atoms with E-state index in [2.05, 4.69) is 30.7 Å². The van der Waals surface area contributed by atoms with Gasteiger partial charge in [0.1, 0.15) is 11.6 Å². The largest absolute Gasteiger partial charge is 0.434 e. The number of nitrogens with one attached hydrogen (secondary N) is 3. The van der Waals surface area contributed by atoms with Crippen molar-refractivity contribution in [2.45, 2.75) is 33.4 Å². The number of alkyl halides is 2. The van der Waals surface area contributed by atoms with Gasteiger partial charge in [-0.15, -0.1) is 0 Å². The predicted octanol–water partition coefficient (Wildman–Crippen LogP) is 3.08. The molecule has 0 aliphatic carbocycles. The number of aliphatic imine (C=N–C) groups is 1. The minimum Gasteiger partial charge on any atom is -0.434 e. The van der Waals surface area contributed by atoms with E-state index in [0.29, 0.717) is 30.4 Å². The van der Waals surface area contributed by atoms with Gasteiger partial charge in [-0.05, 0) is 31.5 Å². The summed E-state index contributed by atoms with van der Waals surface area (Å²) in [6.45, 7) is 2.04. The molecular weight excluding hydrogens is 380 g/mol. The van der Waals surface area contributed by atoms with E-state index in [4.69, 9.17) is 0 Å². The van der Waals surface area contributed by atoms with Crippen molar-refractivity contribution < 1.29 is 18.3 Å². The van der Waals surface area contributed by atoms with Crippen molar-refractivity contribution in [3.63, 3.8) is 0 Å². The molecule has 9 heteroatoms. The summed E-state index contributed by atoms with van der Waals surface area (Å²) >= 11 is 0. The highest BCUT2D eigenvalue weighted by Crippen LogP contribution is 2.20. The molecule has 0 aliphatic rings. The van der Waals surface area contributed by atoms with Crippen LogP contribution in [0.3, 0.4) is 0 Å². The summed E-state index contributed by atoms with van der Waals surface area (Å²) in [5.74, 6) is 0.880. The predicted molar refractivity (Wildman–Crippen MR) is 108 cm³/mol. The zero-order valence-electron chi connectivity index (χ0n) is 16.4. The number of aromatic nitrogens is 1. The molecule has 0 fully saturated rings. The third-order valence-corrected chi connectivity index (χ3v) is 3.76. The van der Waals surface area contributed by atoms with Crippen molar-refractivity contribution in [3.8, 4) is 5.75 Å². The fourth-order valence-corrected chi connectivity index (χ4v) is 2.39. The van der Waals surface area contributed by atoms with Gasteiger partial charge in [-0.2, -0.15) is 8.78 Å². The monoisotopic (exact) mass is 405 g/mol. The number of aryl methyl sites for hydroxylation is 1. The molecule has 0 saturated heterocycles. The van der Waals surface area contributed by atoms with Crippen molar-refractivity contribution in [1.82, 2.24) is 15.6 Å². The fourth-order valence-electron chi connectivity index (χ4n) is 2.39. The van der Waals surface area contributed by atoms with Gasteiger partial charge in [0.15, 0.2) is 5.96 Å². The van der Waals surface area contributed by atoms with Crippen molar-refractivity contribution >= 4 is 17.7 Å². The minimum atomic E-state index is -2.90. The van der Waals surface area contributed by atoms with Crippen LogP contribution in [0.2, 0.25) is 0 Å². The Kier molecular flexibility index (Phi) is 8.81. The third-order valence-electron chi connectivity index (χ3n) is 3.76. The number of anilines is 1. The molecule has 1 amide bonds. The summed E-state index contributed by atoms with van der Waals surface area (Å²) in [5, 5.41) is 8.81. The lowest BCUT2D eigenvalue weighted by Crippen LogP contribution is -2.38. The topological polar surface area (TPSA) is 87.6 Å². The Balaban J connectivity index is 1.87. The molecule has 3 N–H and O–H groups in total. The van der Waals surface area contributed by atoms with Gasteiger partial charge in [0.05, 0.1) is 6.54 Å². The van der Waals surface area contributed by atoms with Gasteiger partial charge in [-0.1, -0.05) is 24.3 Å². The zero-order chi connectivity index (χ0) is 21.1. The van der Waals surface area contributed by atoms with Crippen molar-refractivity contribution in [2.75, 3.05) is 18.4 Å². The third kappa shape index (κ3) is 8.12. The highest BCUT2D eigenvalue weighted by atomic mass is 19.3. The number of hydrogen-bond donors (Lipinski definition) is 3. The summed E-state index contributed by atoms with van der Waals surface area (Å²) in [6, 6.07) is 10.1. The van der Waals surface area contributed by atoms with Crippen molar-refractivity contribution in [2.24, 2.45) is 4.99 Å². The van der Waals surface area contributed by atoms with Crippen LogP contribution in [0.4, 0.5) is 14.6 Å². The van der Waals surface area contributed by atoms with Crippen molar-refractivity contribution in [1.29, 1.82) is 0 Å². The molecule has 156 valence electrons. The van der Waals surface area contributed by atoms with Crippen LogP contribution in [-0.4, -0.2) is 36.6 Å². The molecule has 0 bridgehead atoms. The van der Waals surface area contributed by atoms with E-state index in [-0.39, 0.29) is 24.6 Å². The SMILES string of the molecule is CCNC(=NCc1ccccc1OC(F)F)NCCC(=O)Nc1ccc(C)cn1. The molecule has 0 unspecified atom stereocenters. The number of hydrogen-bond acceptors (Lipinski definition) is 4. The van der Waals surface area contributed by atoms with Gasteiger partial charge in [-0.3, -0.25) is 4.79 Å². The zero-order valence-corrected chi connectivity index (χ0v) is 16.4. The molecule has 1 aromatic heterocycles. The summed E-state index contributed by atoms with van der Waals surface area (Å²) in [5.41, 5.74) is 1.55. The second-order valence-corrected chi connectivity index (χ2v) is 6.13. The molecule has 1 heterocycles. The molecule has 2 aromatic rings. The highest BCUT2D eigenvalue weighted by molar-refractivity contribution is 5.90. The number of pyridine rings is 1. The van der Waals surface area contributed by atoms with E-state index in [1.54, 1.807) is 30.5 Å². The first kappa shape index (κ1) is 22.1. The first-order valence-electron chi connectivity index (χ1n) is 9.25. The lowest BCUT2D eigenvalue weighted by atomic mass is 10.2. The molecule has 0 aliphatic heterocycles. The van der Waals surface area contributed by atoms with E-state index in [0.717, 1.165) is 5.56 Å². The maximum atomic E-state index is 12.5. The van der Waals surface area contributed by atoms with Crippen LogP contribution in [-0.2, 0) is 11.3 Å². The first-order chi connectivity index (χ1) is 14.0. The Bertz CT molecular complexity index is 813. The molecule has 0 radical (unpaired) electrons. The number of nitrogens with zero attached hydrogens (tertiary/aromatic N) is 2. The maximum absolute atomic E-state index is 12.5. The van der Waals surface area contributed by atoms with Gasteiger partial charge in [0, 0.05) is 31.3 Å². The van der Waals surface area contributed by atoms with Gasteiger partial charge in [-0.25, -0.2) is 9.98 Å². The second-order valence-electron chi connectivity index (χ2n) is 6.13. The Labute approximate surface area is 168 Å². The van der Waals surface area contributed by atoms with E-state index in [1.165, 1.54) is 6.07 Å². The number of para-hydroxylation sites is 1. The standard InChI is InChI=1S/C20H25F2N5O2/c1-3-23-20(26-13-15-6-4-5-7-16(15)29-19(21)22)24-11-10-18(28)27-17-9-8-14(2)12-25-17/h4-9,12,19H,3,10-11,13H2,1-2H3,(H2,23,24,26)(H,25,27,28). The number of rotatable bonds is 9. The Morgan fingerprint density at radius 1 is 1.21 bits per heavy atom. The lowest BCUT2D eigenvalue weighted by Gasteiger charge is -2.12. The fraction of sp³-hybridized carbons (Fsp3) is 0.350. The molecule has 2 rings (SSSR count). The average Bonchev–Trinajstić information content (AvgIpc) is 2.68. The second kappa shape index (κ2) is 11.6.